The van der Waals surface area contributed by atoms with Gasteiger partial charge in [0.2, 0.25) is 0 Å². The summed E-state index contributed by atoms with van der Waals surface area (Å²) in [6.07, 6.45) is 20.4. The fourth-order valence-corrected chi connectivity index (χ4v) is 2.78. The summed E-state index contributed by atoms with van der Waals surface area (Å²) in [5.41, 5.74) is 0. The minimum atomic E-state index is 0. The monoisotopic (exact) mass is 443 g/mol. The lowest BCUT2D eigenvalue weighted by Crippen LogP contribution is -3.00. The Morgan fingerprint density at radius 1 is 0.500 bits per heavy atom. The molecule has 0 aromatic heterocycles. The van der Waals surface area contributed by atoms with Gasteiger partial charge < -0.3 is 21.5 Å². The summed E-state index contributed by atoms with van der Waals surface area (Å²) in [6, 6.07) is 0. The van der Waals surface area contributed by atoms with E-state index in [1.165, 1.54) is 96.4 Å². The van der Waals surface area contributed by atoms with Crippen LogP contribution < -0.4 is 17.0 Å². The Morgan fingerprint density at radius 2 is 0.773 bits per heavy atom. The summed E-state index contributed by atoms with van der Waals surface area (Å²) < 4.78 is 1.12. The van der Waals surface area contributed by atoms with Gasteiger partial charge in [-0.05, 0) is 12.8 Å². The number of hydrogen-bond acceptors (Lipinski definition) is 0. The van der Waals surface area contributed by atoms with Crippen LogP contribution in [0.1, 0.15) is 96.8 Å². The minimum absolute atomic E-state index is 0. The molecule has 0 aliphatic rings. The van der Waals surface area contributed by atoms with Crippen LogP contribution in [0.5, 0.6) is 0 Å². The Bertz CT molecular complexity index is 190. The van der Waals surface area contributed by atoms with E-state index in [1.54, 1.807) is 0 Å². The molecule has 0 aliphatic heterocycles. The zero-order valence-electron chi connectivity index (χ0n) is 15.8. The van der Waals surface area contributed by atoms with Gasteiger partial charge in [-0.2, -0.15) is 0 Å². The average Bonchev–Trinajstić information content (AvgIpc) is 2.38. The van der Waals surface area contributed by atoms with Crippen molar-refractivity contribution >= 4 is 17.0 Å². The molecule has 0 atom stereocenters. The van der Waals surface area contributed by atoms with Crippen molar-refractivity contribution < 1.29 is 21.5 Å². The number of rotatable bonds is 15. The second kappa shape index (κ2) is 20.0. The number of quaternary nitrogens is 1. The predicted molar refractivity (Wildman–Crippen MR) is 104 cm³/mol. The molecule has 0 amide bonds. The lowest BCUT2D eigenvalue weighted by molar-refractivity contribution is -0.870. The molecule has 0 aromatic carbocycles. The van der Waals surface area contributed by atoms with Gasteiger partial charge in [0.1, 0.15) is 0 Å². The highest BCUT2D eigenvalue weighted by Gasteiger charge is 2.04. The van der Waals surface area contributed by atoms with Crippen molar-refractivity contribution in [1.29, 1.82) is 0 Å². The second-order valence-electron chi connectivity index (χ2n) is 7.61. The molecular weight excluding hydrogens is 402 g/mol. The first kappa shape index (κ1) is 27.8. The topological polar surface area (TPSA) is 0 Å². The summed E-state index contributed by atoms with van der Waals surface area (Å²) >= 11 is 0. The molecule has 0 aliphatic carbocycles. The summed E-state index contributed by atoms with van der Waals surface area (Å²) in [4.78, 5) is 0. The maximum Gasteiger partial charge on any atom is 0.0780 e. The fourth-order valence-electron chi connectivity index (χ4n) is 2.78. The molecule has 22 heavy (non-hydrogen) atoms. The normalized spacial score (nSPS) is 10.9. The second-order valence-corrected chi connectivity index (χ2v) is 7.61. The number of hydrogen-bond donors (Lipinski definition) is 0. The van der Waals surface area contributed by atoms with E-state index >= 15 is 0 Å². The highest BCUT2D eigenvalue weighted by molar-refractivity contribution is 8.93. The Morgan fingerprint density at radius 3 is 1.05 bits per heavy atom. The smallest absolute Gasteiger partial charge is 0.0780 e. The molecule has 0 aromatic rings. The summed E-state index contributed by atoms with van der Waals surface area (Å²) in [5.74, 6) is 0. The van der Waals surface area contributed by atoms with E-state index in [-0.39, 0.29) is 34.0 Å². The Kier molecular flexibility index (Phi) is 25.2. The number of unbranched alkanes of at least 4 members (excludes halogenated alkanes) is 13. The van der Waals surface area contributed by atoms with Crippen molar-refractivity contribution in [3.05, 3.63) is 0 Å². The third kappa shape index (κ3) is 25.9. The van der Waals surface area contributed by atoms with E-state index in [2.05, 4.69) is 28.1 Å². The first-order valence-corrected chi connectivity index (χ1v) is 9.36. The van der Waals surface area contributed by atoms with Gasteiger partial charge in [0.05, 0.1) is 27.7 Å². The van der Waals surface area contributed by atoms with Gasteiger partial charge in [0, 0.05) is 0 Å². The van der Waals surface area contributed by atoms with E-state index in [9.17, 15) is 0 Å². The Labute approximate surface area is 162 Å². The van der Waals surface area contributed by atoms with Gasteiger partial charge in [-0.25, -0.2) is 0 Å². The molecule has 0 bridgehead atoms. The van der Waals surface area contributed by atoms with Crippen LogP contribution in [-0.4, -0.2) is 32.2 Å². The van der Waals surface area contributed by atoms with E-state index in [0.29, 0.717) is 0 Å². The van der Waals surface area contributed by atoms with Gasteiger partial charge >= 0.3 is 0 Å². The zero-order valence-corrected chi connectivity index (χ0v) is 19.1. The van der Waals surface area contributed by atoms with E-state index in [1.807, 2.05) is 0 Å². The van der Waals surface area contributed by atoms with Crippen LogP contribution in [0.2, 0.25) is 0 Å². The molecule has 1 nitrogen and oxygen atoms in total. The molecule has 0 N–H and O–H groups in total. The first-order valence-electron chi connectivity index (χ1n) is 9.36. The van der Waals surface area contributed by atoms with Gasteiger partial charge in [-0.3, -0.25) is 0 Å². The summed E-state index contributed by atoms with van der Waals surface area (Å²) in [7, 11) is 6.88. The largest absolute Gasteiger partial charge is 1.00 e. The van der Waals surface area contributed by atoms with Crippen molar-refractivity contribution in [2.75, 3.05) is 27.7 Å². The van der Waals surface area contributed by atoms with Crippen LogP contribution in [0.15, 0.2) is 0 Å². The average molecular weight is 445 g/mol. The molecule has 0 heterocycles. The third-order valence-corrected chi connectivity index (χ3v) is 4.18. The molecule has 0 saturated heterocycles. The van der Waals surface area contributed by atoms with Gasteiger partial charge in [0.15, 0.2) is 0 Å². The third-order valence-electron chi connectivity index (χ3n) is 4.18. The first-order chi connectivity index (χ1) is 9.56. The molecule has 0 rings (SSSR count). The van der Waals surface area contributed by atoms with E-state index in [4.69, 9.17) is 0 Å². The highest BCUT2D eigenvalue weighted by Crippen LogP contribution is 2.13. The Hall–Kier alpha value is 0.920. The van der Waals surface area contributed by atoms with Crippen molar-refractivity contribution in [2.45, 2.75) is 96.8 Å². The lowest BCUT2D eigenvalue weighted by atomic mass is 10.0. The van der Waals surface area contributed by atoms with Gasteiger partial charge in [0.25, 0.3) is 0 Å². The molecule has 0 saturated carbocycles. The van der Waals surface area contributed by atoms with Crippen LogP contribution in [0, 0.1) is 0 Å². The molecular formula is C19H43Br2N. The van der Waals surface area contributed by atoms with Crippen LogP contribution in [0.4, 0.5) is 0 Å². The van der Waals surface area contributed by atoms with E-state index in [0.717, 1.165) is 4.48 Å². The van der Waals surface area contributed by atoms with Crippen LogP contribution in [0.3, 0.4) is 0 Å². The van der Waals surface area contributed by atoms with Crippen molar-refractivity contribution in [3.63, 3.8) is 0 Å². The van der Waals surface area contributed by atoms with E-state index < -0.39 is 0 Å². The molecule has 0 unspecified atom stereocenters. The lowest BCUT2D eigenvalue weighted by Gasteiger charge is -2.23. The zero-order chi connectivity index (χ0) is 15.1. The molecule has 0 spiro atoms. The van der Waals surface area contributed by atoms with Crippen molar-refractivity contribution in [1.82, 2.24) is 0 Å². The summed E-state index contributed by atoms with van der Waals surface area (Å²) in [6.45, 7) is 3.63. The summed E-state index contributed by atoms with van der Waals surface area (Å²) in [5, 5.41) is 0. The molecule has 0 fully saturated rings. The standard InChI is InChI=1S/C19H42N.2BrH/c1-5-6-7-8-9-10-11-12-13-14-15-16-17-18-19-20(2,3)4;;/h5-19H2,1-4H3;2*1H/q+1;;/p-1. The van der Waals surface area contributed by atoms with Crippen molar-refractivity contribution in [2.24, 2.45) is 0 Å². The molecule has 3 heteroatoms. The molecule has 138 valence electrons. The van der Waals surface area contributed by atoms with Crippen LogP contribution in [-0.2, 0) is 0 Å². The predicted octanol–water partition coefficient (Wildman–Crippen LogP) is 3.76. The quantitative estimate of drug-likeness (QED) is 0.266. The molecule has 0 radical (unpaired) electrons. The van der Waals surface area contributed by atoms with Gasteiger partial charge in [-0.15, -0.1) is 17.0 Å². The van der Waals surface area contributed by atoms with Crippen molar-refractivity contribution in [3.8, 4) is 0 Å². The van der Waals surface area contributed by atoms with Crippen LogP contribution >= 0.6 is 17.0 Å². The highest BCUT2D eigenvalue weighted by atomic mass is 79.9. The number of halogens is 2. The maximum atomic E-state index is 2.29. The Balaban J connectivity index is -0.00000180. The number of nitrogens with zero attached hydrogens (tertiary/aromatic N) is 1. The minimum Gasteiger partial charge on any atom is -1.00 e. The SMILES string of the molecule is Br.CCCCCCCCCCCCCCCC[N+](C)(C)C.[Br-]. The van der Waals surface area contributed by atoms with Crippen LogP contribution in [0.25, 0.3) is 0 Å². The van der Waals surface area contributed by atoms with Gasteiger partial charge in [-0.1, -0.05) is 84.0 Å². The maximum absolute atomic E-state index is 2.29. The fraction of sp³-hybridized carbons (Fsp3) is 1.00.